The summed E-state index contributed by atoms with van der Waals surface area (Å²) in [7, 11) is -3.61. The van der Waals surface area contributed by atoms with Gasteiger partial charge in [-0.25, -0.2) is 8.42 Å². The second-order valence-electron chi connectivity index (χ2n) is 6.10. The van der Waals surface area contributed by atoms with E-state index in [0.29, 0.717) is 26.2 Å². The van der Waals surface area contributed by atoms with Crippen molar-refractivity contribution >= 4 is 10.0 Å². The van der Waals surface area contributed by atoms with E-state index in [1.54, 1.807) is 10.9 Å². The van der Waals surface area contributed by atoms with Crippen molar-refractivity contribution in [1.82, 2.24) is 14.1 Å². The highest BCUT2D eigenvalue weighted by atomic mass is 32.2. The molecule has 1 aromatic carbocycles. The molecule has 8 heteroatoms. The average molecular weight is 364 g/mol. The molecule has 2 aromatic rings. The van der Waals surface area contributed by atoms with E-state index in [1.165, 1.54) is 10.5 Å². The van der Waals surface area contributed by atoms with Gasteiger partial charge in [-0.2, -0.15) is 9.40 Å². The van der Waals surface area contributed by atoms with E-state index >= 15 is 0 Å². The lowest BCUT2D eigenvalue weighted by Crippen LogP contribution is -2.36. The summed E-state index contributed by atoms with van der Waals surface area (Å²) in [4.78, 5) is 0.209. The molecule has 7 nitrogen and oxygen atoms in total. The quantitative estimate of drug-likeness (QED) is 0.756. The predicted molar refractivity (Wildman–Crippen MR) is 94.7 cm³/mol. The summed E-state index contributed by atoms with van der Waals surface area (Å²) in [6.07, 6.45) is 4.51. The Kier molecular flexibility index (Phi) is 5.85. The predicted octanol–water partition coefficient (Wildman–Crippen LogP) is 1.04. The number of nitrogens with two attached hydrogens (primary N) is 1. The Morgan fingerprint density at radius 3 is 2.76 bits per heavy atom. The van der Waals surface area contributed by atoms with Crippen molar-refractivity contribution in [1.29, 1.82) is 0 Å². The minimum absolute atomic E-state index is 0.108. The van der Waals surface area contributed by atoms with Crippen molar-refractivity contribution in [2.24, 2.45) is 5.73 Å². The molecule has 2 N–H and O–H groups in total. The zero-order valence-electron chi connectivity index (χ0n) is 14.1. The lowest BCUT2D eigenvalue weighted by Gasteiger charge is -2.20. The summed E-state index contributed by atoms with van der Waals surface area (Å²) in [6, 6.07) is 9.93. The Morgan fingerprint density at radius 1 is 1.28 bits per heavy atom. The SMILES string of the molecule is NCCN(CCc1ccccc1)S(=O)(=O)c1cnn(C2CCOC2)c1. The average Bonchev–Trinajstić information content (AvgIpc) is 3.30. The number of nitrogens with zero attached hydrogens (tertiary/aromatic N) is 3. The molecular weight excluding hydrogens is 340 g/mol. The maximum Gasteiger partial charge on any atom is 0.246 e. The molecule has 2 heterocycles. The zero-order chi connectivity index (χ0) is 17.7. The van der Waals surface area contributed by atoms with E-state index in [2.05, 4.69) is 5.10 Å². The molecule has 1 unspecified atom stereocenters. The van der Waals surface area contributed by atoms with Crippen LogP contribution in [-0.4, -0.2) is 55.4 Å². The monoisotopic (exact) mass is 364 g/mol. The topological polar surface area (TPSA) is 90.5 Å². The van der Waals surface area contributed by atoms with Crippen molar-refractivity contribution in [3.8, 4) is 0 Å². The van der Waals surface area contributed by atoms with Crippen LogP contribution in [0.25, 0.3) is 0 Å². The first-order valence-corrected chi connectivity index (χ1v) is 9.91. The summed E-state index contributed by atoms with van der Waals surface area (Å²) in [5.74, 6) is 0. The van der Waals surface area contributed by atoms with E-state index in [4.69, 9.17) is 10.5 Å². The standard InChI is InChI=1S/C17H24N4O3S/c18-8-10-20(9-6-15-4-2-1-3-5-15)25(22,23)17-12-19-21(13-17)16-7-11-24-14-16/h1-5,12-13,16H,6-11,14,18H2. The van der Waals surface area contributed by atoms with Crippen LogP contribution in [0.1, 0.15) is 18.0 Å². The molecule has 1 aliphatic heterocycles. The van der Waals surface area contributed by atoms with E-state index in [1.807, 2.05) is 30.3 Å². The summed E-state index contributed by atoms with van der Waals surface area (Å²) in [6.45, 7) is 2.21. The molecule has 25 heavy (non-hydrogen) atoms. The van der Waals surface area contributed by atoms with Crippen LogP contribution in [0.2, 0.25) is 0 Å². The van der Waals surface area contributed by atoms with Crippen LogP contribution in [0.3, 0.4) is 0 Å². The molecule has 1 atom stereocenters. The molecule has 0 saturated carbocycles. The molecule has 1 aliphatic rings. The second kappa shape index (κ2) is 8.09. The van der Waals surface area contributed by atoms with Gasteiger partial charge in [-0.15, -0.1) is 0 Å². The molecule has 1 aromatic heterocycles. The number of rotatable bonds is 8. The molecule has 1 saturated heterocycles. The molecule has 3 rings (SSSR count). The maximum absolute atomic E-state index is 13.0. The fraction of sp³-hybridized carbons (Fsp3) is 0.471. The van der Waals surface area contributed by atoms with E-state index in [9.17, 15) is 8.42 Å². The molecule has 136 valence electrons. The number of hydrogen-bond acceptors (Lipinski definition) is 5. The van der Waals surface area contributed by atoms with Crippen LogP contribution in [0.5, 0.6) is 0 Å². The van der Waals surface area contributed by atoms with Crippen LogP contribution in [0.15, 0.2) is 47.6 Å². The third-order valence-corrected chi connectivity index (χ3v) is 6.22. The number of benzene rings is 1. The highest BCUT2D eigenvalue weighted by molar-refractivity contribution is 7.89. The normalized spacial score (nSPS) is 18.1. The van der Waals surface area contributed by atoms with Crippen molar-refractivity contribution in [3.05, 3.63) is 48.3 Å². The van der Waals surface area contributed by atoms with Gasteiger partial charge in [0.2, 0.25) is 10.0 Å². The fourth-order valence-electron chi connectivity index (χ4n) is 2.93. The van der Waals surface area contributed by atoms with Gasteiger partial charge in [-0.3, -0.25) is 4.68 Å². The molecule has 0 spiro atoms. The molecule has 1 fully saturated rings. The van der Waals surface area contributed by atoms with Gasteiger partial charge in [-0.1, -0.05) is 30.3 Å². The van der Waals surface area contributed by atoms with Gasteiger partial charge in [0.05, 0.1) is 18.8 Å². The first-order valence-electron chi connectivity index (χ1n) is 8.47. The molecular formula is C17H24N4O3S. The first-order chi connectivity index (χ1) is 12.1. The van der Waals surface area contributed by atoms with Gasteiger partial charge in [0, 0.05) is 32.4 Å². The third kappa shape index (κ3) is 4.27. The van der Waals surface area contributed by atoms with Gasteiger partial charge in [0.25, 0.3) is 0 Å². The maximum atomic E-state index is 13.0. The van der Waals surface area contributed by atoms with Crippen LogP contribution >= 0.6 is 0 Å². The van der Waals surface area contributed by atoms with Crippen molar-refractivity contribution < 1.29 is 13.2 Å². The molecule has 0 bridgehead atoms. The highest BCUT2D eigenvalue weighted by Gasteiger charge is 2.27. The van der Waals surface area contributed by atoms with E-state index in [-0.39, 0.29) is 24.0 Å². The van der Waals surface area contributed by atoms with Crippen LogP contribution in [0, 0.1) is 0 Å². The Hall–Kier alpha value is -1.74. The zero-order valence-corrected chi connectivity index (χ0v) is 14.9. The van der Waals surface area contributed by atoms with Gasteiger partial charge >= 0.3 is 0 Å². The van der Waals surface area contributed by atoms with Crippen molar-refractivity contribution in [3.63, 3.8) is 0 Å². The van der Waals surface area contributed by atoms with Crippen molar-refractivity contribution in [2.45, 2.75) is 23.8 Å². The van der Waals surface area contributed by atoms with Gasteiger partial charge in [0.1, 0.15) is 4.90 Å². The summed E-state index contributed by atoms with van der Waals surface area (Å²) in [5.41, 5.74) is 6.73. The first kappa shape index (κ1) is 18.1. The second-order valence-corrected chi connectivity index (χ2v) is 8.04. The minimum Gasteiger partial charge on any atom is -0.379 e. The Labute approximate surface area is 148 Å². The highest BCUT2D eigenvalue weighted by Crippen LogP contribution is 2.21. The summed E-state index contributed by atoms with van der Waals surface area (Å²) in [5, 5.41) is 4.22. The van der Waals surface area contributed by atoms with Crippen LogP contribution in [0.4, 0.5) is 0 Å². The Bertz CT molecular complexity index is 770. The summed E-state index contributed by atoms with van der Waals surface area (Å²) >= 11 is 0. The lowest BCUT2D eigenvalue weighted by atomic mass is 10.1. The third-order valence-electron chi connectivity index (χ3n) is 4.37. The smallest absolute Gasteiger partial charge is 0.246 e. The number of ether oxygens (including phenoxy) is 1. The number of sulfonamides is 1. The van der Waals surface area contributed by atoms with E-state index < -0.39 is 10.0 Å². The molecule has 0 aliphatic carbocycles. The Balaban J connectivity index is 1.74. The van der Waals surface area contributed by atoms with Gasteiger partial charge in [0.15, 0.2) is 0 Å². The molecule has 0 radical (unpaired) electrons. The van der Waals surface area contributed by atoms with Crippen LogP contribution < -0.4 is 5.73 Å². The van der Waals surface area contributed by atoms with Gasteiger partial charge in [-0.05, 0) is 18.4 Å². The number of aromatic nitrogens is 2. The minimum atomic E-state index is -3.61. The number of hydrogen-bond donors (Lipinski definition) is 1. The fourth-order valence-corrected chi connectivity index (χ4v) is 4.33. The molecule has 0 amide bonds. The van der Waals surface area contributed by atoms with E-state index in [0.717, 1.165) is 12.0 Å². The lowest BCUT2D eigenvalue weighted by molar-refractivity contribution is 0.184. The van der Waals surface area contributed by atoms with Gasteiger partial charge < -0.3 is 10.5 Å². The summed E-state index contributed by atoms with van der Waals surface area (Å²) < 4.78 is 34.4. The van der Waals surface area contributed by atoms with Crippen molar-refractivity contribution in [2.75, 3.05) is 32.8 Å². The van der Waals surface area contributed by atoms with Crippen LogP contribution in [-0.2, 0) is 21.2 Å². The Morgan fingerprint density at radius 2 is 2.08 bits per heavy atom. The largest absolute Gasteiger partial charge is 0.379 e.